The zero-order valence-electron chi connectivity index (χ0n) is 11.7. The molecule has 1 saturated heterocycles. The molecule has 0 aliphatic carbocycles. The summed E-state index contributed by atoms with van der Waals surface area (Å²) in [5.41, 5.74) is 2.48. The van der Waals surface area contributed by atoms with Gasteiger partial charge in [0.15, 0.2) is 0 Å². The Kier molecular flexibility index (Phi) is 6.96. The molecule has 1 aliphatic rings. The van der Waals surface area contributed by atoms with Crippen LogP contribution in [0.2, 0.25) is 0 Å². The number of halogens is 1. The second kappa shape index (κ2) is 8.23. The molecule has 0 amide bonds. The molecule has 1 fully saturated rings. The van der Waals surface area contributed by atoms with E-state index in [1.807, 2.05) is 6.92 Å². The van der Waals surface area contributed by atoms with Gasteiger partial charge in [0.1, 0.15) is 12.4 Å². The average Bonchev–Trinajstić information content (AvgIpc) is 2.39. The molecule has 19 heavy (non-hydrogen) atoms. The van der Waals surface area contributed by atoms with Gasteiger partial charge < -0.3 is 22.5 Å². The number of hydrogen-bond acceptors (Lipinski definition) is 1. The van der Waals surface area contributed by atoms with Gasteiger partial charge in [-0.1, -0.05) is 18.7 Å². The molecule has 1 unspecified atom stereocenters. The molecule has 0 aromatic heterocycles. The summed E-state index contributed by atoms with van der Waals surface area (Å²) in [6, 6.07) is 8.54. The van der Waals surface area contributed by atoms with Gasteiger partial charge in [-0.25, -0.2) is 0 Å². The second-order valence-corrected chi connectivity index (χ2v) is 5.42. The Bertz CT molecular complexity index is 382. The molecule has 1 aliphatic heterocycles. The predicted molar refractivity (Wildman–Crippen MR) is 74.8 cm³/mol. The van der Waals surface area contributed by atoms with Crippen molar-refractivity contribution in [2.45, 2.75) is 26.2 Å². The molecule has 1 aromatic rings. The molecule has 1 atom stereocenters. The Morgan fingerprint density at radius 1 is 1.37 bits per heavy atom. The summed E-state index contributed by atoms with van der Waals surface area (Å²) in [4.78, 5) is 0. The van der Waals surface area contributed by atoms with Crippen LogP contribution < -0.4 is 22.5 Å². The van der Waals surface area contributed by atoms with Gasteiger partial charge >= 0.3 is 0 Å². The SMILES string of the molecule is C=C(C)COc1ccc(CC2CCC[NH2+]C2)cc1.[Cl-]. The maximum absolute atomic E-state index is 5.61. The summed E-state index contributed by atoms with van der Waals surface area (Å²) in [5.74, 6) is 1.79. The maximum Gasteiger partial charge on any atom is 0.119 e. The van der Waals surface area contributed by atoms with Crippen LogP contribution >= 0.6 is 0 Å². The summed E-state index contributed by atoms with van der Waals surface area (Å²) in [5, 5.41) is 2.44. The van der Waals surface area contributed by atoms with Crippen molar-refractivity contribution in [1.29, 1.82) is 0 Å². The Labute approximate surface area is 122 Å². The minimum absolute atomic E-state index is 0. The van der Waals surface area contributed by atoms with Crippen molar-refractivity contribution < 1.29 is 22.5 Å². The third-order valence-corrected chi connectivity index (χ3v) is 3.45. The van der Waals surface area contributed by atoms with Crippen molar-refractivity contribution in [2.75, 3.05) is 19.7 Å². The molecule has 0 saturated carbocycles. The van der Waals surface area contributed by atoms with E-state index >= 15 is 0 Å². The van der Waals surface area contributed by atoms with E-state index in [1.165, 1.54) is 37.9 Å². The lowest BCUT2D eigenvalue weighted by atomic mass is 9.92. The average molecular weight is 282 g/mol. The lowest BCUT2D eigenvalue weighted by molar-refractivity contribution is -0.668. The fourth-order valence-corrected chi connectivity index (χ4v) is 2.47. The van der Waals surface area contributed by atoms with Gasteiger partial charge in [0.25, 0.3) is 0 Å². The molecular formula is C16H24ClNO. The van der Waals surface area contributed by atoms with Gasteiger partial charge in [0.2, 0.25) is 0 Å². The van der Waals surface area contributed by atoms with E-state index in [1.54, 1.807) is 0 Å². The summed E-state index contributed by atoms with van der Waals surface area (Å²) in [7, 11) is 0. The van der Waals surface area contributed by atoms with Crippen molar-refractivity contribution in [3.8, 4) is 5.75 Å². The number of piperidine rings is 1. The van der Waals surface area contributed by atoms with Gasteiger partial charge in [-0.05, 0) is 49.5 Å². The molecule has 106 valence electrons. The molecule has 1 heterocycles. The molecule has 3 heteroatoms. The van der Waals surface area contributed by atoms with Crippen molar-refractivity contribution in [3.05, 3.63) is 42.0 Å². The van der Waals surface area contributed by atoms with Crippen molar-refractivity contribution in [2.24, 2.45) is 5.92 Å². The van der Waals surface area contributed by atoms with Crippen LogP contribution in [0.5, 0.6) is 5.75 Å². The molecule has 0 spiro atoms. The van der Waals surface area contributed by atoms with Gasteiger partial charge in [-0.15, -0.1) is 0 Å². The van der Waals surface area contributed by atoms with Crippen molar-refractivity contribution in [3.63, 3.8) is 0 Å². The summed E-state index contributed by atoms with van der Waals surface area (Å²) >= 11 is 0. The molecule has 1 aromatic carbocycles. The fraction of sp³-hybridized carbons (Fsp3) is 0.500. The third-order valence-electron chi connectivity index (χ3n) is 3.45. The number of quaternary nitrogens is 1. The first-order chi connectivity index (χ1) is 8.74. The van der Waals surface area contributed by atoms with Crippen LogP contribution in [0, 0.1) is 5.92 Å². The monoisotopic (exact) mass is 281 g/mol. The van der Waals surface area contributed by atoms with E-state index in [9.17, 15) is 0 Å². The highest BCUT2D eigenvalue weighted by Gasteiger charge is 2.15. The van der Waals surface area contributed by atoms with Crippen LogP contribution in [0.1, 0.15) is 25.3 Å². The smallest absolute Gasteiger partial charge is 0.119 e. The van der Waals surface area contributed by atoms with Crippen LogP contribution in [0.15, 0.2) is 36.4 Å². The van der Waals surface area contributed by atoms with E-state index < -0.39 is 0 Å². The van der Waals surface area contributed by atoms with Crippen LogP contribution in [0.3, 0.4) is 0 Å². The minimum Gasteiger partial charge on any atom is -1.00 e. The number of rotatable bonds is 5. The van der Waals surface area contributed by atoms with E-state index in [-0.39, 0.29) is 12.4 Å². The molecule has 2 N–H and O–H groups in total. The third kappa shape index (κ3) is 5.66. The van der Waals surface area contributed by atoms with Gasteiger partial charge in [-0.2, -0.15) is 0 Å². The predicted octanol–water partition coefficient (Wildman–Crippen LogP) is -0.839. The molecule has 0 radical (unpaired) electrons. The zero-order valence-corrected chi connectivity index (χ0v) is 12.5. The van der Waals surface area contributed by atoms with E-state index in [4.69, 9.17) is 4.74 Å². The van der Waals surface area contributed by atoms with Crippen LogP contribution in [0.25, 0.3) is 0 Å². The van der Waals surface area contributed by atoms with Gasteiger partial charge in [-0.3, -0.25) is 0 Å². The van der Waals surface area contributed by atoms with Crippen LogP contribution in [0.4, 0.5) is 0 Å². The highest BCUT2D eigenvalue weighted by atomic mass is 35.5. The summed E-state index contributed by atoms with van der Waals surface area (Å²) in [6.45, 7) is 9.02. The maximum atomic E-state index is 5.61. The number of nitrogens with two attached hydrogens (primary N) is 1. The molecule has 0 bridgehead atoms. The topological polar surface area (TPSA) is 25.8 Å². The Morgan fingerprint density at radius 2 is 2.11 bits per heavy atom. The standard InChI is InChI=1S/C16H23NO.ClH/c1-13(2)12-18-16-7-5-14(6-8-16)10-15-4-3-9-17-11-15;/h5-8,15,17H,1,3-4,9-12H2,2H3;1H. The van der Waals surface area contributed by atoms with Crippen molar-refractivity contribution >= 4 is 0 Å². The Hall–Kier alpha value is -0.990. The first kappa shape index (κ1) is 16.1. The quantitative estimate of drug-likeness (QED) is 0.700. The van der Waals surface area contributed by atoms with Gasteiger partial charge in [0, 0.05) is 5.92 Å². The highest BCUT2D eigenvalue weighted by molar-refractivity contribution is 5.27. The lowest BCUT2D eigenvalue weighted by Gasteiger charge is -2.20. The largest absolute Gasteiger partial charge is 1.00 e. The normalized spacial score (nSPS) is 18.5. The summed E-state index contributed by atoms with van der Waals surface area (Å²) < 4.78 is 5.61. The minimum atomic E-state index is 0. The first-order valence-corrected chi connectivity index (χ1v) is 6.92. The molecule has 2 nitrogen and oxygen atoms in total. The number of hydrogen-bond donors (Lipinski definition) is 1. The number of ether oxygens (including phenoxy) is 1. The van der Waals surface area contributed by atoms with Gasteiger partial charge in [0.05, 0.1) is 13.1 Å². The summed E-state index contributed by atoms with van der Waals surface area (Å²) in [6.07, 6.45) is 3.95. The van der Waals surface area contributed by atoms with Crippen LogP contribution in [-0.4, -0.2) is 19.7 Å². The van der Waals surface area contributed by atoms with Crippen LogP contribution in [-0.2, 0) is 6.42 Å². The van der Waals surface area contributed by atoms with Crippen molar-refractivity contribution in [1.82, 2.24) is 0 Å². The molecule has 2 rings (SSSR count). The highest BCUT2D eigenvalue weighted by Crippen LogP contribution is 2.18. The van der Waals surface area contributed by atoms with E-state index in [2.05, 4.69) is 36.2 Å². The molecular weight excluding hydrogens is 258 g/mol. The Morgan fingerprint density at radius 3 is 2.68 bits per heavy atom. The second-order valence-electron chi connectivity index (χ2n) is 5.42. The Balaban J connectivity index is 0.00000180. The lowest BCUT2D eigenvalue weighted by Crippen LogP contribution is -3.00. The number of benzene rings is 1. The van der Waals surface area contributed by atoms with E-state index in [0.717, 1.165) is 17.2 Å². The fourth-order valence-electron chi connectivity index (χ4n) is 2.47. The first-order valence-electron chi connectivity index (χ1n) is 6.92. The van der Waals surface area contributed by atoms with E-state index in [0.29, 0.717) is 6.61 Å². The zero-order chi connectivity index (χ0) is 12.8.